The number of hydrazone groups is 1. The van der Waals surface area contributed by atoms with Crippen LogP contribution in [0.2, 0.25) is 0 Å². The SMILES string of the molecule is O=C(N/N=C/c1ccc(O)cc1)c1ccc(Nc2ccccc2)cc1. The van der Waals surface area contributed by atoms with Crippen molar-refractivity contribution < 1.29 is 9.90 Å². The van der Waals surface area contributed by atoms with Gasteiger partial charge in [-0.2, -0.15) is 5.10 Å². The number of rotatable bonds is 5. The highest BCUT2D eigenvalue weighted by Crippen LogP contribution is 2.16. The fraction of sp³-hybridized carbons (Fsp3) is 0. The van der Waals surface area contributed by atoms with Crippen LogP contribution in [0.5, 0.6) is 5.75 Å². The monoisotopic (exact) mass is 331 g/mol. The van der Waals surface area contributed by atoms with Gasteiger partial charge in [-0.15, -0.1) is 0 Å². The minimum atomic E-state index is -0.290. The van der Waals surface area contributed by atoms with Crippen LogP contribution in [0.3, 0.4) is 0 Å². The third kappa shape index (κ3) is 4.68. The highest BCUT2D eigenvalue weighted by Gasteiger charge is 2.04. The Morgan fingerprint density at radius 2 is 1.48 bits per heavy atom. The van der Waals surface area contributed by atoms with Crippen LogP contribution in [0.4, 0.5) is 11.4 Å². The predicted octanol–water partition coefficient (Wildman–Crippen LogP) is 3.90. The lowest BCUT2D eigenvalue weighted by Gasteiger charge is -2.07. The first-order valence-electron chi connectivity index (χ1n) is 7.75. The van der Waals surface area contributed by atoms with Crippen molar-refractivity contribution in [2.75, 3.05) is 5.32 Å². The molecule has 5 heteroatoms. The number of hydrogen-bond donors (Lipinski definition) is 3. The summed E-state index contributed by atoms with van der Waals surface area (Å²) in [6.07, 6.45) is 1.52. The van der Waals surface area contributed by atoms with Crippen LogP contribution in [-0.2, 0) is 0 Å². The van der Waals surface area contributed by atoms with Gasteiger partial charge in [0.05, 0.1) is 6.21 Å². The Labute approximate surface area is 145 Å². The minimum Gasteiger partial charge on any atom is -0.508 e. The van der Waals surface area contributed by atoms with Gasteiger partial charge in [-0.3, -0.25) is 4.79 Å². The Morgan fingerprint density at radius 1 is 0.840 bits per heavy atom. The molecule has 124 valence electrons. The maximum atomic E-state index is 12.1. The first-order chi connectivity index (χ1) is 12.2. The summed E-state index contributed by atoms with van der Waals surface area (Å²) in [5.74, 6) is -0.105. The van der Waals surface area contributed by atoms with Crippen LogP contribution in [0.1, 0.15) is 15.9 Å². The minimum absolute atomic E-state index is 0.186. The summed E-state index contributed by atoms with van der Waals surface area (Å²) in [4.78, 5) is 12.1. The van der Waals surface area contributed by atoms with Crippen molar-refractivity contribution in [1.29, 1.82) is 0 Å². The molecule has 0 radical (unpaired) electrons. The number of amides is 1. The van der Waals surface area contributed by atoms with Gasteiger partial charge in [0.15, 0.2) is 0 Å². The normalized spacial score (nSPS) is 10.6. The topological polar surface area (TPSA) is 73.7 Å². The zero-order valence-corrected chi connectivity index (χ0v) is 13.4. The molecule has 1 amide bonds. The van der Waals surface area contributed by atoms with Gasteiger partial charge >= 0.3 is 0 Å². The van der Waals surface area contributed by atoms with E-state index < -0.39 is 0 Å². The average molecular weight is 331 g/mol. The summed E-state index contributed by atoms with van der Waals surface area (Å²) in [5.41, 5.74) is 5.66. The van der Waals surface area contributed by atoms with Gasteiger partial charge in [-0.1, -0.05) is 18.2 Å². The number of aromatic hydroxyl groups is 1. The van der Waals surface area contributed by atoms with E-state index in [9.17, 15) is 9.90 Å². The molecule has 0 aromatic heterocycles. The summed E-state index contributed by atoms with van der Waals surface area (Å²) in [5, 5.41) is 16.4. The number of nitrogens with one attached hydrogen (secondary N) is 2. The van der Waals surface area contributed by atoms with Crippen molar-refractivity contribution >= 4 is 23.5 Å². The standard InChI is InChI=1S/C20H17N3O2/c24-19-12-6-15(7-13-19)14-21-23-20(25)16-8-10-18(11-9-16)22-17-4-2-1-3-5-17/h1-14,22,24H,(H,23,25)/b21-14+. The number of hydrogen-bond acceptors (Lipinski definition) is 4. The van der Waals surface area contributed by atoms with Crippen LogP contribution < -0.4 is 10.7 Å². The van der Waals surface area contributed by atoms with Gasteiger partial charge in [-0.05, 0) is 66.2 Å². The highest BCUT2D eigenvalue weighted by molar-refractivity contribution is 5.95. The fourth-order valence-electron chi connectivity index (χ4n) is 2.18. The highest BCUT2D eigenvalue weighted by atomic mass is 16.3. The van der Waals surface area contributed by atoms with E-state index in [1.165, 1.54) is 6.21 Å². The molecule has 0 aliphatic rings. The van der Waals surface area contributed by atoms with Crippen molar-refractivity contribution in [2.24, 2.45) is 5.10 Å². The summed E-state index contributed by atoms with van der Waals surface area (Å²) in [6.45, 7) is 0. The van der Waals surface area contributed by atoms with Crippen LogP contribution in [-0.4, -0.2) is 17.2 Å². The van der Waals surface area contributed by atoms with Gasteiger partial charge in [0, 0.05) is 16.9 Å². The Bertz CT molecular complexity index is 858. The lowest BCUT2D eigenvalue weighted by molar-refractivity contribution is 0.0955. The summed E-state index contributed by atoms with van der Waals surface area (Å²) in [7, 11) is 0. The number of phenolic OH excluding ortho intramolecular Hbond substituents is 1. The molecule has 0 bridgehead atoms. The van der Waals surface area contributed by atoms with E-state index in [2.05, 4.69) is 15.8 Å². The van der Waals surface area contributed by atoms with Gasteiger partial charge in [0.25, 0.3) is 5.91 Å². The molecule has 0 heterocycles. The van der Waals surface area contributed by atoms with Gasteiger partial charge in [0.1, 0.15) is 5.75 Å². The number of nitrogens with zero attached hydrogens (tertiary/aromatic N) is 1. The van der Waals surface area contributed by atoms with Crippen LogP contribution in [0.25, 0.3) is 0 Å². The Balaban J connectivity index is 1.58. The van der Waals surface area contributed by atoms with E-state index in [1.807, 2.05) is 42.5 Å². The van der Waals surface area contributed by atoms with Crippen molar-refractivity contribution in [1.82, 2.24) is 5.43 Å². The first kappa shape index (κ1) is 16.3. The molecule has 25 heavy (non-hydrogen) atoms. The second-order valence-corrected chi connectivity index (χ2v) is 5.36. The predicted molar refractivity (Wildman–Crippen MR) is 99.3 cm³/mol. The zero-order valence-electron chi connectivity index (χ0n) is 13.4. The molecular formula is C20H17N3O2. The molecule has 0 saturated carbocycles. The van der Waals surface area contributed by atoms with Crippen LogP contribution in [0, 0.1) is 0 Å². The van der Waals surface area contributed by atoms with Crippen molar-refractivity contribution in [3.05, 3.63) is 90.0 Å². The van der Waals surface area contributed by atoms with Gasteiger partial charge in [0.2, 0.25) is 0 Å². The van der Waals surface area contributed by atoms with Crippen LogP contribution in [0.15, 0.2) is 84.0 Å². The number of para-hydroxylation sites is 1. The second kappa shape index (κ2) is 7.79. The van der Waals surface area contributed by atoms with Gasteiger partial charge < -0.3 is 10.4 Å². The quantitative estimate of drug-likeness (QED) is 0.490. The van der Waals surface area contributed by atoms with E-state index in [-0.39, 0.29) is 11.7 Å². The molecule has 3 rings (SSSR count). The number of carbonyl (C=O) groups excluding carboxylic acids is 1. The van der Waals surface area contributed by atoms with E-state index in [1.54, 1.807) is 36.4 Å². The molecule has 3 aromatic carbocycles. The van der Waals surface area contributed by atoms with Crippen LogP contribution >= 0.6 is 0 Å². The van der Waals surface area contributed by atoms with Crippen molar-refractivity contribution in [2.45, 2.75) is 0 Å². The molecule has 0 fully saturated rings. The number of phenols is 1. The molecule has 0 aliphatic carbocycles. The molecule has 0 saturated heterocycles. The Hall–Kier alpha value is -3.60. The van der Waals surface area contributed by atoms with Crippen molar-refractivity contribution in [3.63, 3.8) is 0 Å². The third-order valence-corrected chi connectivity index (χ3v) is 3.48. The summed E-state index contributed by atoms with van der Waals surface area (Å²) >= 11 is 0. The number of carbonyl (C=O) groups is 1. The molecule has 0 aliphatic heterocycles. The summed E-state index contributed by atoms with van der Waals surface area (Å²) < 4.78 is 0. The van der Waals surface area contributed by atoms with Gasteiger partial charge in [-0.25, -0.2) is 5.43 Å². The third-order valence-electron chi connectivity index (χ3n) is 3.48. The average Bonchev–Trinajstić information content (AvgIpc) is 2.65. The first-order valence-corrected chi connectivity index (χ1v) is 7.75. The molecule has 3 N–H and O–H groups in total. The lowest BCUT2D eigenvalue weighted by Crippen LogP contribution is -2.17. The number of anilines is 2. The largest absolute Gasteiger partial charge is 0.508 e. The number of benzene rings is 3. The van der Waals surface area contributed by atoms with Crippen molar-refractivity contribution in [3.8, 4) is 5.75 Å². The second-order valence-electron chi connectivity index (χ2n) is 5.36. The molecule has 0 atom stereocenters. The summed E-state index contributed by atoms with van der Waals surface area (Å²) in [6, 6.07) is 23.5. The van der Waals surface area contributed by atoms with E-state index >= 15 is 0 Å². The zero-order chi connectivity index (χ0) is 17.5. The molecule has 5 nitrogen and oxygen atoms in total. The van der Waals surface area contributed by atoms with E-state index in [0.29, 0.717) is 5.56 Å². The fourth-order valence-corrected chi connectivity index (χ4v) is 2.18. The van der Waals surface area contributed by atoms with E-state index in [0.717, 1.165) is 16.9 Å². The molecule has 3 aromatic rings. The maximum Gasteiger partial charge on any atom is 0.271 e. The molecular weight excluding hydrogens is 314 g/mol. The van der Waals surface area contributed by atoms with E-state index in [4.69, 9.17) is 0 Å². The maximum absolute atomic E-state index is 12.1. The Kier molecular flexibility index (Phi) is 5.07. The smallest absolute Gasteiger partial charge is 0.271 e. The lowest BCUT2D eigenvalue weighted by atomic mass is 10.2. The molecule has 0 spiro atoms. The Morgan fingerprint density at radius 3 is 2.16 bits per heavy atom. The molecule has 0 unspecified atom stereocenters.